The maximum atomic E-state index is 14.7. The molecule has 6 nitrogen and oxygen atoms in total. The highest BCUT2D eigenvalue weighted by molar-refractivity contribution is 6.11. The Labute approximate surface area is 230 Å². The average molecular weight is 535 g/mol. The number of phenolic OH excluding ortho intramolecular Hbond substituents is 1. The Morgan fingerprint density at radius 2 is 1.90 bits per heavy atom. The smallest absolute Gasteiger partial charge is 0.192 e. The van der Waals surface area contributed by atoms with Crippen LogP contribution in [0, 0.1) is 24.1 Å². The Bertz CT molecular complexity index is 1280. The van der Waals surface area contributed by atoms with Crippen LogP contribution in [-0.4, -0.2) is 60.4 Å². The molecule has 0 amide bonds. The SMILES string of the molecule is Cc1c(F)cccc1[C@]1(O)C=CC(CCCCN(C)C)(C(=O)[C@H]2CCCNC2)C=C1C(=O)c1cccc(O)c1. The van der Waals surface area contributed by atoms with Gasteiger partial charge < -0.3 is 20.4 Å². The summed E-state index contributed by atoms with van der Waals surface area (Å²) in [5.74, 6) is -1.29. The Balaban J connectivity index is 1.86. The summed E-state index contributed by atoms with van der Waals surface area (Å²) in [5.41, 5.74) is -2.41. The van der Waals surface area contributed by atoms with E-state index in [0.29, 0.717) is 13.0 Å². The Morgan fingerprint density at radius 3 is 2.59 bits per heavy atom. The van der Waals surface area contributed by atoms with Crippen LogP contribution >= 0.6 is 0 Å². The molecular formula is C32H39FN2O4. The summed E-state index contributed by atoms with van der Waals surface area (Å²) in [6, 6.07) is 10.3. The molecule has 0 saturated carbocycles. The first kappa shape index (κ1) is 28.9. The fraction of sp³-hybridized carbons (Fsp3) is 0.438. The van der Waals surface area contributed by atoms with E-state index in [9.17, 15) is 24.2 Å². The quantitative estimate of drug-likeness (QED) is 0.233. The number of benzene rings is 2. The minimum Gasteiger partial charge on any atom is -0.508 e. The number of carbonyl (C=O) groups excluding carboxylic acids is 2. The van der Waals surface area contributed by atoms with E-state index in [1.165, 1.54) is 30.3 Å². The molecule has 2 aromatic carbocycles. The number of nitrogens with zero attached hydrogens (tertiary/aromatic N) is 1. The Kier molecular flexibility index (Phi) is 8.84. The van der Waals surface area contributed by atoms with Gasteiger partial charge in [-0.15, -0.1) is 0 Å². The molecule has 7 heteroatoms. The minimum atomic E-state index is -1.95. The molecule has 2 aromatic rings. The standard InChI is InChI=1S/C32H39FN2O4/c1-22-26(12-7-13-28(22)33)32(39)16-15-31(14-4-5-18-35(2)3,30(38)24-10-8-17-34-21-24)20-27(32)29(37)23-9-6-11-25(36)19-23/h6-7,9,11-13,15-16,19-20,24,34,36,39H,4-5,8,10,14,17-18,21H2,1-3H3/t24-,31?,32+/m0/s1. The average Bonchev–Trinajstić information content (AvgIpc) is 2.93. The van der Waals surface area contributed by atoms with Crippen LogP contribution in [0.5, 0.6) is 5.75 Å². The van der Waals surface area contributed by atoms with Gasteiger partial charge in [0.25, 0.3) is 0 Å². The van der Waals surface area contributed by atoms with Crippen LogP contribution in [0.25, 0.3) is 0 Å². The molecule has 1 heterocycles. The number of rotatable bonds is 10. The summed E-state index contributed by atoms with van der Waals surface area (Å²) < 4.78 is 14.7. The Morgan fingerprint density at radius 1 is 1.13 bits per heavy atom. The molecule has 1 saturated heterocycles. The molecule has 3 atom stereocenters. The van der Waals surface area contributed by atoms with Crippen molar-refractivity contribution in [1.82, 2.24) is 10.2 Å². The first-order chi connectivity index (χ1) is 18.6. The van der Waals surface area contributed by atoms with Gasteiger partial charge in [0.15, 0.2) is 11.6 Å². The Hall–Kier alpha value is -3.13. The number of aliphatic hydroxyl groups is 1. The predicted molar refractivity (Wildman–Crippen MR) is 150 cm³/mol. The molecule has 1 unspecified atom stereocenters. The molecular weight excluding hydrogens is 495 g/mol. The van der Waals surface area contributed by atoms with Crippen molar-refractivity contribution in [3.63, 3.8) is 0 Å². The van der Waals surface area contributed by atoms with Gasteiger partial charge in [0.1, 0.15) is 17.2 Å². The van der Waals surface area contributed by atoms with Gasteiger partial charge in [0.2, 0.25) is 0 Å². The maximum Gasteiger partial charge on any atom is 0.192 e. The van der Waals surface area contributed by atoms with Gasteiger partial charge in [-0.05, 0) is 95.2 Å². The number of piperidine rings is 1. The maximum absolute atomic E-state index is 14.7. The van der Waals surface area contributed by atoms with Crippen LogP contribution in [-0.2, 0) is 10.4 Å². The largest absolute Gasteiger partial charge is 0.508 e. The number of aromatic hydroxyl groups is 1. The number of ketones is 2. The van der Waals surface area contributed by atoms with Crippen molar-refractivity contribution in [2.45, 2.75) is 44.6 Å². The summed E-state index contributed by atoms with van der Waals surface area (Å²) in [4.78, 5) is 30.3. The summed E-state index contributed by atoms with van der Waals surface area (Å²) in [5, 5.41) is 25.5. The topological polar surface area (TPSA) is 89.9 Å². The molecule has 0 spiro atoms. The van der Waals surface area contributed by atoms with E-state index < -0.39 is 22.6 Å². The number of nitrogens with one attached hydrogen (secondary N) is 1. The molecule has 1 aliphatic carbocycles. The summed E-state index contributed by atoms with van der Waals surface area (Å²) >= 11 is 0. The molecule has 3 N–H and O–H groups in total. The van der Waals surface area contributed by atoms with Gasteiger partial charge in [-0.25, -0.2) is 4.39 Å². The molecule has 39 heavy (non-hydrogen) atoms. The molecule has 2 aliphatic rings. The molecule has 1 fully saturated rings. The molecule has 4 rings (SSSR count). The van der Waals surface area contributed by atoms with Gasteiger partial charge in [-0.3, -0.25) is 9.59 Å². The minimum absolute atomic E-state index is 0.00553. The second kappa shape index (κ2) is 11.9. The first-order valence-electron chi connectivity index (χ1n) is 13.7. The number of hydrogen-bond donors (Lipinski definition) is 3. The molecule has 0 radical (unpaired) electrons. The van der Waals surface area contributed by atoms with Crippen molar-refractivity contribution in [1.29, 1.82) is 0 Å². The number of Topliss-reactive ketones (excluding diaryl/α,β-unsaturated/α-hetero) is 2. The molecule has 0 bridgehead atoms. The first-order valence-corrected chi connectivity index (χ1v) is 13.7. The predicted octanol–water partition coefficient (Wildman–Crippen LogP) is 4.69. The normalized spacial score (nSPS) is 25.0. The van der Waals surface area contributed by atoms with E-state index in [-0.39, 0.29) is 39.7 Å². The van der Waals surface area contributed by atoms with Crippen LogP contribution in [0.3, 0.4) is 0 Å². The summed E-state index contributed by atoms with van der Waals surface area (Å²) in [7, 11) is 4.01. The van der Waals surface area contributed by atoms with Gasteiger partial charge in [0.05, 0.1) is 5.41 Å². The molecule has 1 aliphatic heterocycles. The van der Waals surface area contributed by atoms with E-state index in [1.807, 2.05) is 14.1 Å². The third kappa shape index (κ3) is 6.06. The molecule has 0 aromatic heterocycles. The number of carbonyl (C=O) groups is 2. The lowest BCUT2D eigenvalue weighted by Crippen LogP contribution is -2.45. The van der Waals surface area contributed by atoms with Gasteiger partial charge in [-0.1, -0.05) is 42.8 Å². The van der Waals surface area contributed by atoms with Crippen LogP contribution in [0.2, 0.25) is 0 Å². The highest BCUT2D eigenvalue weighted by Gasteiger charge is 2.47. The van der Waals surface area contributed by atoms with E-state index in [1.54, 1.807) is 37.3 Å². The van der Waals surface area contributed by atoms with Crippen LogP contribution in [0.1, 0.15) is 53.6 Å². The van der Waals surface area contributed by atoms with Gasteiger partial charge >= 0.3 is 0 Å². The van der Waals surface area contributed by atoms with Gasteiger partial charge in [-0.2, -0.15) is 0 Å². The number of unbranched alkanes of at least 4 members (excludes halogenated alkanes) is 1. The zero-order valence-corrected chi connectivity index (χ0v) is 23.0. The van der Waals surface area contributed by atoms with Crippen molar-refractivity contribution in [3.8, 4) is 5.75 Å². The summed E-state index contributed by atoms with van der Waals surface area (Å²) in [6.45, 7) is 3.87. The zero-order chi connectivity index (χ0) is 28.2. The fourth-order valence-corrected chi connectivity index (χ4v) is 5.80. The highest BCUT2D eigenvalue weighted by atomic mass is 19.1. The number of allylic oxidation sites excluding steroid dienone is 2. The van der Waals surface area contributed by atoms with Crippen LogP contribution < -0.4 is 5.32 Å². The lowest BCUT2D eigenvalue weighted by Gasteiger charge is -2.40. The van der Waals surface area contributed by atoms with E-state index in [0.717, 1.165) is 38.8 Å². The van der Waals surface area contributed by atoms with E-state index in [4.69, 9.17) is 0 Å². The third-order valence-electron chi connectivity index (χ3n) is 8.04. The molecule has 208 valence electrons. The van der Waals surface area contributed by atoms with Crippen LogP contribution in [0.15, 0.2) is 66.3 Å². The van der Waals surface area contributed by atoms with Gasteiger partial charge in [0, 0.05) is 23.6 Å². The summed E-state index contributed by atoms with van der Waals surface area (Å²) in [6.07, 6.45) is 8.63. The van der Waals surface area contributed by atoms with E-state index >= 15 is 0 Å². The zero-order valence-electron chi connectivity index (χ0n) is 23.0. The van der Waals surface area contributed by atoms with Crippen molar-refractivity contribution >= 4 is 11.6 Å². The monoisotopic (exact) mass is 534 g/mol. The van der Waals surface area contributed by atoms with Crippen molar-refractivity contribution in [3.05, 3.63) is 88.8 Å². The third-order valence-corrected chi connectivity index (χ3v) is 8.04. The number of hydrogen-bond acceptors (Lipinski definition) is 6. The van der Waals surface area contributed by atoms with Crippen LogP contribution in [0.4, 0.5) is 4.39 Å². The number of halogens is 1. The van der Waals surface area contributed by atoms with Crippen molar-refractivity contribution in [2.75, 3.05) is 33.7 Å². The highest BCUT2D eigenvalue weighted by Crippen LogP contribution is 2.46. The van der Waals surface area contributed by atoms with E-state index in [2.05, 4.69) is 10.2 Å². The number of phenols is 1. The lowest BCUT2D eigenvalue weighted by molar-refractivity contribution is -0.129. The van der Waals surface area contributed by atoms with Crippen molar-refractivity contribution in [2.24, 2.45) is 11.3 Å². The fourth-order valence-electron chi connectivity index (χ4n) is 5.80. The van der Waals surface area contributed by atoms with Crippen molar-refractivity contribution < 1.29 is 24.2 Å². The second-order valence-electron chi connectivity index (χ2n) is 11.2. The second-order valence-corrected chi connectivity index (χ2v) is 11.2. The lowest BCUT2D eigenvalue weighted by atomic mass is 9.65.